The Hall–Kier alpha value is -1.79. The highest BCUT2D eigenvalue weighted by Crippen LogP contribution is 2.21. The van der Waals surface area contributed by atoms with Crippen LogP contribution in [0.4, 0.5) is 4.79 Å². The lowest BCUT2D eigenvalue weighted by atomic mass is 9.92. The second-order valence-corrected chi connectivity index (χ2v) is 7.70. The Kier molecular flexibility index (Phi) is 10.9. The van der Waals surface area contributed by atoms with Gasteiger partial charge in [0.05, 0.1) is 0 Å². The van der Waals surface area contributed by atoms with Crippen LogP contribution in [0.5, 0.6) is 0 Å². The van der Waals surface area contributed by atoms with Crippen LogP contribution in [0.1, 0.15) is 38.7 Å². The molecule has 3 amide bonds. The first kappa shape index (κ1) is 24.2. The van der Waals surface area contributed by atoms with E-state index in [1.165, 1.54) is 0 Å². The van der Waals surface area contributed by atoms with Crippen LogP contribution >= 0.6 is 12.4 Å². The lowest BCUT2D eigenvalue weighted by Gasteiger charge is -2.35. The van der Waals surface area contributed by atoms with E-state index < -0.39 is 6.04 Å². The first-order valence-electron chi connectivity index (χ1n) is 10.0. The fourth-order valence-corrected chi connectivity index (χ4v) is 3.47. The topological polar surface area (TPSA) is 73.5 Å². The number of piperidine rings is 1. The lowest BCUT2D eigenvalue weighted by Crippen LogP contribution is -2.54. The van der Waals surface area contributed by atoms with Crippen LogP contribution in [0.2, 0.25) is 0 Å². The van der Waals surface area contributed by atoms with E-state index in [0.717, 1.165) is 44.5 Å². The zero-order valence-corrected chi connectivity index (χ0v) is 18.1. The molecule has 28 heavy (non-hydrogen) atoms. The van der Waals surface area contributed by atoms with Crippen LogP contribution in [0.15, 0.2) is 30.3 Å². The number of carbonyl (C=O) groups excluding carboxylic acids is 2. The Morgan fingerprint density at radius 3 is 2.36 bits per heavy atom. The van der Waals surface area contributed by atoms with Crippen LogP contribution in [0, 0.1) is 11.8 Å². The van der Waals surface area contributed by atoms with E-state index in [4.69, 9.17) is 0 Å². The van der Waals surface area contributed by atoms with E-state index in [2.05, 4.69) is 16.0 Å². The van der Waals surface area contributed by atoms with Crippen molar-refractivity contribution >= 4 is 24.3 Å². The van der Waals surface area contributed by atoms with E-state index in [9.17, 15) is 9.59 Å². The fraction of sp³-hybridized carbons (Fsp3) is 0.619. The summed E-state index contributed by atoms with van der Waals surface area (Å²) in [6.45, 7) is 6.98. The highest BCUT2D eigenvalue weighted by molar-refractivity contribution is 5.87. The van der Waals surface area contributed by atoms with Crippen molar-refractivity contribution in [3.05, 3.63) is 35.9 Å². The summed E-state index contributed by atoms with van der Waals surface area (Å²) in [6, 6.07) is 8.96. The third-order valence-corrected chi connectivity index (χ3v) is 5.24. The lowest BCUT2D eigenvalue weighted by molar-refractivity contribution is -0.135. The number of likely N-dealkylation sites (tertiary alicyclic amines) is 1. The Bertz CT molecular complexity index is 589. The van der Waals surface area contributed by atoms with Gasteiger partial charge in [0.15, 0.2) is 0 Å². The molecule has 1 atom stereocenters. The molecule has 2 rings (SSSR count). The van der Waals surface area contributed by atoms with E-state index in [-0.39, 0.29) is 30.3 Å². The molecule has 0 saturated carbocycles. The number of amides is 3. The van der Waals surface area contributed by atoms with Gasteiger partial charge in [0.1, 0.15) is 6.04 Å². The molecule has 0 aromatic heterocycles. The first-order chi connectivity index (χ1) is 13.0. The molecule has 1 aliphatic heterocycles. The van der Waals surface area contributed by atoms with Crippen molar-refractivity contribution in [2.45, 2.75) is 45.7 Å². The van der Waals surface area contributed by atoms with Crippen molar-refractivity contribution in [2.24, 2.45) is 11.8 Å². The molecule has 0 radical (unpaired) electrons. The minimum atomic E-state index is -0.491. The summed E-state index contributed by atoms with van der Waals surface area (Å²) in [5.41, 5.74) is 1.03. The maximum Gasteiger partial charge on any atom is 0.315 e. The molecule has 0 bridgehead atoms. The van der Waals surface area contributed by atoms with Crippen molar-refractivity contribution < 1.29 is 9.59 Å². The minimum absolute atomic E-state index is 0. The smallest absolute Gasteiger partial charge is 0.315 e. The van der Waals surface area contributed by atoms with E-state index in [0.29, 0.717) is 12.5 Å². The molecule has 1 fully saturated rings. The Labute approximate surface area is 175 Å². The predicted molar refractivity (Wildman–Crippen MR) is 116 cm³/mol. The van der Waals surface area contributed by atoms with Gasteiger partial charge in [-0.2, -0.15) is 0 Å². The number of carbonyl (C=O) groups is 2. The summed E-state index contributed by atoms with van der Waals surface area (Å²) < 4.78 is 0. The van der Waals surface area contributed by atoms with Crippen LogP contribution in [0.3, 0.4) is 0 Å². The number of halogens is 1. The van der Waals surface area contributed by atoms with Gasteiger partial charge in [0, 0.05) is 19.6 Å². The highest BCUT2D eigenvalue weighted by Gasteiger charge is 2.31. The van der Waals surface area contributed by atoms with Gasteiger partial charge in [-0.1, -0.05) is 44.2 Å². The fourth-order valence-electron chi connectivity index (χ4n) is 3.47. The molecule has 3 N–H and O–H groups in total. The second kappa shape index (κ2) is 12.6. The predicted octanol–water partition coefficient (Wildman–Crippen LogP) is 2.78. The van der Waals surface area contributed by atoms with Crippen molar-refractivity contribution in [1.82, 2.24) is 20.9 Å². The van der Waals surface area contributed by atoms with Gasteiger partial charge in [-0.3, -0.25) is 4.79 Å². The molecule has 0 spiro atoms. The molecule has 1 heterocycles. The normalized spacial score (nSPS) is 15.6. The first-order valence-corrected chi connectivity index (χ1v) is 10.0. The van der Waals surface area contributed by atoms with Gasteiger partial charge in [-0.15, -0.1) is 12.4 Å². The summed E-state index contributed by atoms with van der Waals surface area (Å²) in [5.74, 6) is 0.759. The summed E-state index contributed by atoms with van der Waals surface area (Å²) in [5, 5.41) is 8.92. The van der Waals surface area contributed by atoms with Gasteiger partial charge < -0.3 is 20.9 Å². The second-order valence-electron chi connectivity index (χ2n) is 7.70. The average molecular weight is 411 g/mol. The molecule has 1 saturated heterocycles. The Balaban J connectivity index is 0.00000392. The maximum absolute atomic E-state index is 12.9. The molecule has 6 nitrogen and oxygen atoms in total. The molecule has 1 aromatic rings. The number of nitrogens with one attached hydrogen (secondary N) is 3. The average Bonchev–Trinajstić information content (AvgIpc) is 2.69. The Morgan fingerprint density at radius 1 is 1.14 bits per heavy atom. The minimum Gasteiger partial charge on any atom is -0.341 e. The van der Waals surface area contributed by atoms with Gasteiger partial charge in [0.25, 0.3) is 0 Å². The molecule has 1 unspecified atom stereocenters. The molecular weight excluding hydrogens is 376 g/mol. The molecule has 7 heteroatoms. The third-order valence-electron chi connectivity index (χ3n) is 5.24. The molecule has 158 valence electrons. The van der Waals surface area contributed by atoms with Gasteiger partial charge in [-0.05, 0) is 50.3 Å². The van der Waals surface area contributed by atoms with E-state index >= 15 is 0 Å². The van der Waals surface area contributed by atoms with Crippen LogP contribution < -0.4 is 16.0 Å². The molecule has 0 aliphatic carbocycles. The van der Waals surface area contributed by atoms with Gasteiger partial charge in [-0.25, -0.2) is 4.79 Å². The molecule has 1 aromatic carbocycles. The standard InChI is InChI=1S/C21H34N4O2.ClH/c1-16(2)19(24-21(27)23-15-18-7-5-4-6-8-18)20(26)25-13-10-17(11-14-25)9-12-22-3;/h4-8,16-17,19,22H,9-15H2,1-3H3,(H2,23,24,27);1H. The number of hydrogen-bond donors (Lipinski definition) is 3. The number of benzene rings is 1. The molecular formula is C21H35ClN4O2. The third kappa shape index (κ3) is 7.68. The van der Waals surface area contributed by atoms with E-state index in [1.807, 2.05) is 56.1 Å². The SMILES string of the molecule is CNCCC1CCN(C(=O)C(NC(=O)NCc2ccccc2)C(C)C)CC1.Cl. The number of hydrogen-bond acceptors (Lipinski definition) is 3. The van der Waals surface area contributed by atoms with E-state index in [1.54, 1.807) is 0 Å². The van der Waals surface area contributed by atoms with Gasteiger partial charge >= 0.3 is 6.03 Å². The highest BCUT2D eigenvalue weighted by atomic mass is 35.5. The summed E-state index contributed by atoms with van der Waals surface area (Å²) in [6.07, 6.45) is 3.24. The zero-order chi connectivity index (χ0) is 19.6. The largest absolute Gasteiger partial charge is 0.341 e. The van der Waals surface area contributed by atoms with Crippen molar-refractivity contribution in [3.63, 3.8) is 0 Å². The van der Waals surface area contributed by atoms with Crippen LogP contribution in [-0.2, 0) is 11.3 Å². The van der Waals surface area contributed by atoms with Crippen LogP contribution in [-0.4, -0.2) is 49.6 Å². The monoisotopic (exact) mass is 410 g/mol. The number of nitrogens with zero attached hydrogens (tertiary/aromatic N) is 1. The molecule has 1 aliphatic rings. The van der Waals surface area contributed by atoms with Crippen molar-refractivity contribution in [1.29, 1.82) is 0 Å². The maximum atomic E-state index is 12.9. The van der Waals surface area contributed by atoms with Gasteiger partial charge in [0.2, 0.25) is 5.91 Å². The summed E-state index contributed by atoms with van der Waals surface area (Å²) >= 11 is 0. The Morgan fingerprint density at radius 2 is 1.79 bits per heavy atom. The van der Waals surface area contributed by atoms with Crippen molar-refractivity contribution in [2.75, 3.05) is 26.7 Å². The number of urea groups is 1. The summed E-state index contributed by atoms with van der Waals surface area (Å²) in [4.78, 5) is 27.1. The number of rotatable bonds is 8. The van der Waals surface area contributed by atoms with Crippen molar-refractivity contribution in [3.8, 4) is 0 Å². The zero-order valence-electron chi connectivity index (χ0n) is 17.2. The quantitative estimate of drug-likeness (QED) is 0.617. The summed E-state index contributed by atoms with van der Waals surface area (Å²) in [7, 11) is 1.97. The van der Waals surface area contributed by atoms with Crippen LogP contribution in [0.25, 0.3) is 0 Å².